The summed E-state index contributed by atoms with van der Waals surface area (Å²) < 4.78 is 1.90. The summed E-state index contributed by atoms with van der Waals surface area (Å²) in [6.45, 7) is 6.63. The van der Waals surface area contributed by atoms with Gasteiger partial charge in [-0.1, -0.05) is 12.1 Å². The molecule has 2 N–H and O–H groups in total. The Morgan fingerprint density at radius 3 is 2.83 bits per heavy atom. The molecule has 0 aliphatic carbocycles. The number of nitrogens with one attached hydrogen (secondary N) is 2. The first-order chi connectivity index (χ1) is 11.5. The van der Waals surface area contributed by atoms with Gasteiger partial charge in [-0.2, -0.15) is 16.9 Å². The predicted molar refractivity (Wildman–Crippen MR) is 98.0 cm³/mol. The molecule has 0 bridgehead atoms. The van der Waals surface area contributed by atoms with Crippen molar-refractivity contribution >= 4 is 23.5 Å². The number of hydrogen-bond acceptors (Lipinski definition) is 4. The van der Waals surface area contributed by atoms with E-state index in [0.29, 0.717) is 18.1 Å². The van der Waals surface area contributed by atoms with Crippen LogP contribution in [0.4, 0.5) is 10.5 Å². The molecule has 1 atom stereocenters. The average molecular weight is 345 g/mol. The molecule has 0 unspecified atom stereocenters. The van der Waals surface area contributed by atoms with Gasteiger partial charge in [0.15, 0.2) is 0 Å². The molecule has 1 fully saturated rings. The maximum atomic E-state index is 12.3. The molecule has 128 valence electrons. The number of hydrogen-bond donors (Lipinski definition) is 2. The normalized spacial score (nSPS) is 20.1. The number of carbonyl (C=O) groups excluding carboxylic acids is 1. The van der Waals surface area contributed by atoms with Crippen LogP contribution in [0.1, 0.15) is 31.4 Å². The number of aromatic nitrogens is 3. The quantitative estimate of drug-likeness (QED) is 0.892. The third-order valence-corrected chi connectivity index (χ3v) is 5.72. The largest absolute Gasteiger partial charge is 0.336 e. The molecule has 3 rings (SSSR count). The number of nitrogens with zero attached hydrogens (tertiary/aromatic N) is 3. The Hall–Kier alpha value is -2.02. The summed E-state index contributed by atoms with van der Waals surface area (Å²) in [5.74, 6) is 2.67. The van der Waals surface area contributed by atoms with E-state index in [2.05, 4.69) is 27.6 Å². The van der Waals surface area contributed by atoms with Crippen molar-refractivity contribution in [1.82, 2.24) is 20.1 Å². The highest BCUT2D eigenvalue weighted by molar-refractivity contribution is 8.00. The average Bonchev–Trinajstić information content (AvgIpc) is 3.12. The molecule has 1 aromatic carbocycles. The molecule has 2 heterocycles. The van der Waals surface area contributed by atoms with Gasteiger partial charge in [-0.25, -0.2) is 14.5 Å². The van der Waals surface area contributed by atoms with Crippen molar-refractivity contribution in [2.45, 2.75) is 38.4 Å². The number of rotatable bonds is 4. The Morgan fingerprint density at radius 1 is 1.38 bits per heavy atom. The van der Waals surface area contributed by atoms with E-state index < -0.39 is 0 Å². The molecule has 1 aromatic heterocycles. The van der Waals surface area contributed by atoms with Gasteiger partial charge in [0, 0.05) is 11.3 Å². The van der Waals surface area contributed by atoms with E-state index in [1.165, 1.54) is 12.2 Å². The Balaban J connectivity index is 1.71. The standard InChI is InChI=1S/C17H23N5OS/c1-12-19-13(2)22(21-12)15-8-5-4-7-14(15)20-16(23)18-11-17(3)9-6-10-24-17/h4-5,7-8H,6,9-11H2,1-3H3,(H2,18,20,23)/t17-/m1/s1. The van der Waals surface area contributed by atoms with Crippen LogP contribution in [0.2, 0.25) is 0 Å². The Bertz CT molecular complexity index is 736. The van der Waals surface area contributed by atoms with Gasteiger partial charge in [-0.15, -0.1) is 0 Å². The molecule has 2 amide bonds. The molecule has 0 spiro atoms. The lowest BCUT2D eigenvalue weighted by atomic mass is 10.1. The maximum Gasteiger partial charge on any atom is 0.319 e. The zero-order valence-corrected chi connectivity index (χ0v) is 15.1. The molecule has 6 nitrogen and oxygen atoms in total. The summed E-state index contributed by atoms with van der Waals surface area (Å²) >= 11 is 1.93. The first-order valence-electron chi connectivity index (χ1n) is 8.15. The minimum Gasteiger partial charge on any atom is -0.336 e. The van der Waals surface area contributed by atoms with Crippen LogP contribution in [0.5, 0.6) is 0 Å². The fourth-order valence-electron chi connectivity index (χ4n) is 2.92. The molecule has 2 aromatic rings. The van der Waals surface area contributed by atoms with Crippen molar-refractivity contribution in [2.24, 2.45) is 0 Å². The van der Waals surface area contributed by atoms with Crippen LogP contribution < -0.4 is 10.6 Å². The third kappa shape index (κ3) is 3.72. The highest BCUT2D eigenvalue weighted by Gasteiger charge is 2.29. The molecular formula is C17H23N5OS. The van der Waals surface area contributed by atoms with Gasteiger partial charge in [-0.05, 0) is 51.5 Å². The smallest absolute Gasteiger partial charge is 0.319 e. The second-order valence-corrected chi connectivity index (χ2v) is 8.03. The number of amides is 2. The van der Waals surface area contributed by atoms with Crippen molar-refractivity contribution in [2.75, 3.05) is 17.6 Å². The van der Waals surface area contributed by atoms with Crippen molar-refractivity contribution < 1.29 is 4.79 Å². The molecule has 0 saturated carbocycles. The van der Waals surface area contributed by atoms with Crippen molar-refractivity contribution in [3.63, 3.8) is 0 Å². The number of thioether (sulfide) groups is 1. The number of para-hydroxylation sites is 2. The van der Waals surface area contributed by atoms with Gasteiger partial charge in [0.05, 0.1) is 11.4 Å². The van der Waals surface area contributed by atoms with E-state index in [-0.39, 0.29) is 10.8 Å². The fraction of sp³-hybridized carbons (Fsp3) is 0.471. The summed E-state index contributed by atoms with van der Waals surface area (Å²) in [7, 11) is 0. The van der Waals surface area contributed by atoms with E-state index in [0.717, 1.165) is 17.9 Å². The highest BCUT2D eigenvalue weighted by Crippen LogP contribution is 2.36. The predicted octanol–water partition coefficient (Wildman–Crippen LogP) is 3.29. The van der Waals surface area contributed by atoms with Crippen LogP contribution in [0, 0.1) is 13.8 Å². The van der Waals surface area contributed by atoms with Crippen molar-refractivity contribution in [3.05, 3.63) is 35.9 Å². The zero-order valence-electron chi connectivity index (χ0n) is 14.3. The van der Waals surface area contributed by atoms with Crippen LogP contribution in [-0.4, -0.2) is 37.8 Å². The zero-order chi connectivity index (χ0) is 17.2. The van der Waals surface area contributed by atoms with Gasteiger partial charge in [-0.3, -0.25) is 0 Å². The van der Waals surface area contributed by atoms with Gasteiger partial charge in [0.1, 0.15) is 11.6 Å². The van der Waals surface area contributed by atoms with Crippen LogP contribution in [0.25, 0.3) is 5.69 Å². The summed E-state index contributed by atoms with van der Waals surface area (Å²) in [6, 6.07) is 7.42. The van der Waals surface area contributed by atoms with Gasteiger partial charge >= 0.3 is 6.03 Å². The number of benzene rings is 1. The van der Waals surface area contributed by atoms with Crippen LogP contribution in [0.3, 0.4) is 0 Å². The van der Waals surface area contributed by atoms with Gasteiger partial charge in [0.2, 0.25) is 0 Å². The summed E-state index contributed by atoms with van der Waals surface area (Å²) in [5, 5.41) is 10.3. The SMILES string of the molecule is Cc1nc(C)n(-c2ccccc2NC(=O)NC[C@@]2(C)CCCS2)n1. The monoisotopic (exact) mass is 345 g/mol. The van der Waals surface area contributed by atoms with Crippen molar-refractivity contribution in [1.29, 1.82) is 0 Å². The number of aryl methyl sites for hydroxylation is 2. The van der Waals surface area contributed by atoms with E-state index in [4.69, 9.17) is 0 Å². The van der Waals surface area contributed by atoms with E-state index in [1.807, 2.05) is 49.9 Å². The second kappa shape index (κ2) is 6.84. The Morgan fingerprint density at radius 2 is 2.17 bits per heavy atom. The molecule has 1 saturated heterocycles. The first-order valence-corrected chi connectivity index (χ1v) is 9.14. The number of anilines is 1. The topological polar surface area (TPSA) is 71.8 Å². The summed E-state index contributed by atoms with van der Waals surface area (Å²) in [4.78, 5) is 16.6. The molecule has 0 radical (unpaired) electrons. The summed E-state index contributed by atoms with van der Waals surface area (Å²) in [5.41, 5.74) is 1.53. The molecule has 24 heavy (non-hydrogen) atoms. The number of carbonyl (C=O) groups is 1. The number of urea groups is 1. The minimum atomic E-state index is -0.189. The van der Waals surface area contributed by atoms with E-state index in [1.54, 1.807) is 4.68 Å². The van der Waals surface area contributed by atoms with Crippen LogP contribution in [-0.2, 0) is 0 Å². The lowest BCUT2D eigenvalue weighted by Gasteiger charge is -2.23. The van der Waals surface area contributed by atoms with Crippen molar-refractivity contribution in [3.8, 4) is 5.69 Å². The third-order valence-electron chi connectivity index (χ3n) is 4.18. The Kier molecular flexibility index (Phi) is 4.80. The fourth-order valence-corrected chi connectivity index (χ4v) is 4.17. The summed E-state index contributed by atoms with van der Waals surface area (Å²) in [6.07, 6.45) is 2.37. The van der Waals surface area contributed by atoms with E-state index in [9.17, 15) is 4.79 Å². The van der Waals surface area contributed by atoms with E-state index >= 15 is 0 Å². The molecule has 1 aliphatic heterocycles. The first kappa shape index (κ1) is 16.8. The maximum absolute atomic E-state index is 12.3. The van der Waals surface area contributed by atoms with Crippen LogP contribution in [0.15, 0.2) is 24.3 Å². The van der Waals surface area contributed by atoms with Gasteiger partial charge in [0.25, 0.3) is 0 Å². The Labute approximate surface area is 146 Å². The van der Waals surface area contributed by atoms with Crippen LogP contribution >= 0.6 is 11.8 Å². The second-order valence-electron chi connectivity index (χ2n) is 6.34. The minimum absolute atomic E-state index is 0.149. The lowest BCUT2D eigenvalue weighted by Crippen LogP contribution is -2.39. The molecule has 1 aliphatic rings. The molecular weight excluding hydrogens is 322 g/mol. The van der Waals surface area contributed by atoms with Gasteiger partial charge < -0.3 is 10.6 Å². The highest BCUT2D eigenvalue weighted by atomic mass is 32.2. The molecule has 7 heteroatoms. The lowest BCUT2D eigenvalue weighted by molar-refractivity contribution is 0.251.